The monoisotopic (exact) mass is 376 g/mol. The summed E-state index contributed by atoms with van der Waals surface area (Å²) < 4.78 is 1.05. The number of benzene rings is 2. The highest BCUT2D eigenvalue weighted by atomic mass is 35.5. The molecular formula is C18H14Cl2N2OS. The molecule has 0 saturated carbocycles. The number of nitrogens with zero attached hydrogens (tertiary/aromatic N) is 1. The van der Waals surface area contributed by atoms with Crippen molar-refractivity contribution in [2.75, 3.05) is 5.32 Å². The van der Waals surface area contributed by atoms with Gasteiger partial charge < -0.3 is 0 Å². The molecule has 0 saturated heterocycles. The minimum atomic E-state index is -0.255. The van der Waals surface area contributed by atoms with Gasteiger partial charge in [-0.05, 0) is 54.8 Å². The number of carbonyl (C=O) groups is 1. The zero-order chi connectivity index (χ0) is 17.3. The fourth-order valence-corrected chi connectivity index (χ4v) is 3.63. The van der Waals surface area contributed by atoms with Gasteiger partial charge in [-0.15, -0.1) is 0 Å². The third-order valence-corrected chi connectivity index (χ3v) is 5.19. The number of hydrogen-bond donors (Lipinski definition) is 1. The quantitative estimate of drug-likeness (QED) is 0.580. The van der Waals surface area contributed by atoms with Gasteiger partial charge in [0.05, 0.1) is 10.2 Å². The number of aromatic nitrogens is 1. The van der Waals surface area contributed by atoms with Crippen LogP contribution in [0.4, 0.5) is 5.13 Å². The van der Waals surface area contributed by atoms with Gasteiger partial charge in [-0.1, -0.05) is 46.7 Å². The van der Waals surface area contributed by atoms with Crippen molar-refractivity contribution in [3.63, 3.8) is 0 Å². The Morgan fingerprint density at radius 1 is 1.21 bits per heavy atom. The largest absolute Gasteiger partial charge is 0.298 e. The van der Waals surface area contributed by atoms with E-state index in [1.807, 2.05) is 19.9 Å². The first kappa shape index (κ1) is 17.0. The molecule has 0 aliphatic rings. The van der Waals surface area contributed by atoms with E-state index >= 15 is 0 Å². The van der Waals surface area contributed by atoms with Crippen LogP contribution in [-0.4, -0.2) is 10.9 Å². The van der Waals surface area contributed by atoms with Crippen molar-refractivity contribution >= 4 is 61.9 Å². The second kappa shape index (κ2) is 6.93. The van der Waals surface area contributed by atoms with Gasteiger partial charge in [0.2, 0.25) is 5.91 Å². The number of thiazole rings is 1. The third kappa shape index (κ3) is 3.61. The Morgan fingerprint density at radius 2 is 2.00 bits per heavy atom. The fraction of sp³-hybridized carbons (Fsp3) is 0.111. The Bertz CT molecular complexity index is 963. The first-order chi connectivity index (χ1) is 11.4. The molecule has 0 bridgehead atoms. The van der Waals surface area contributed by atoms with Gasteiger partial charge in [0, 0.05) is 16.1 Å². The standard InChI is InChI=1S/C18H14Cl2N2OS/c1-10-3-7-15-17(11(10)2)22-18(24-15)21-16(23)8-5-12-4-6-13(19)9-14(12)20/h3-9H,1-2H3,(H,21,22,23)/b8-5+. The molecule has 1 aromatic heterocycles. The maximum atomic E-state index is 12.1. The molecule has 3 rings (SSSR count). The lowest BCUT2D eigenvalue weighted by molar-refractivity contribution is -0.111. The molecule has 122 valence electrons. The predicted molar refractivity (Wildman–Crippen MR) is 103 cm³/mol. The number of halogens is 2. The average Bonchev–Trinajstić information content (AvgIpc) is 2.93. The summed E-state index contributed by atoms with van der Waals surface area (Å²) in [6.45, 7) is 4.08. The average molecular weight is 377 g/mol. The van der Waals surface area contributed by atoms with Gasteiger partial charge >= 0.3 is 0 Å². The van der Waals surface area contributed by atoms with Crippen molar-refractivity contribution in [2.45, 2.75) is 13.8 Å². The van der Waals surface area contributed by atoms with Gasteiger partial charge in [-0.2, -0.15) is 0 Å². The van der Waals surface area contributed by atoms with Crippen LogP contribution in [0.5, 0.6) is 0 Å². The molecule has 6 heteroatoms. The molecule has 0 aliphatic carbocycles. The molecule has 0 spiro atoms. The van der Waals surface area contributed by atoms with E-state index in [-0.39, 0.29) is 5.91 Å². The zero-order valence-electron chi connectivity index (χ0n) is 13.1. The summed E-state index contributed by atoms with van der Waals surface area (Å²) in [4.78, 5) is 16.6. The Labute approximate surface area is 153 Å². The molecule has 0 unspecified atom stereocenters. The lowest BCUT2D eigenvalue weighted by Crippen LogP contribution is -2.07. The highest BCUT2D eigenvalue weighted by Crippen LogP contribution is 2.29. The normalized spacial score (nSPS) is 11.3. The van der Waals surface area contributed by atoms with Gasteiger partial charge in [0.1, 0.15) is 0 Å². The number of amides is 1. The molecule has 0 radical (unpaired) electrons. The molecule has 3 aromatic rings. The predicted octanol–water partition coefficient (Wildman–Crippen LogP) is 5.87. The van der Waals surface area contributed by atoms with Crippen LogP contribution in [0.25, 0.3) is 16.3 Å². The number of hydrogen-bond acceptors (Lipinski definition) is 3. The Kier molecular flexibility index (Phi) is 4.90. The van der Waals surface area contributed by atoms with E-state index in [4.69, 9.17) is 23.2 Å². The van der Waals surface area contributed by atoms with Crippen LogP contribution in [0.15, 0.2) is 36.4 Å². The van der Waals surface area contributed by atoms with Crippen molar-refractivity contribution in [1.29, 1.82) is 0 Å². The third-order valence-electron chi connectivity index (χ3n) is 3.69. The van der Waals surface area contributed by atoms with E-state index < -0.39 is 0 Å². The Morgan fingerprint density at radius 3 is 2.75 bits per heavy atom. The summed E-state index contributed by atoms with van der Waals surface area (Å²) in [5, 5.41) is 4.43. The second-order valence-corrected chi connectivity index (χ2v) is 7.24. The lowest BCUT2D eigenvalue weighted by Gasteiger charge is -1.99. The molecule has 1 N–H and O–H groups in total. The van der Waals surface area contributed by atoms with Crippen molar-refractivity contribution < 1.29 is 4.79 Å². The maximum Gasteiger partial charge on any atom is 0.250 e. The summed E-state index contributed by atoms with van der Waals surface area (Å²) in [6.07, 6.45) is 3.08. The minimum Gasteiger partial charge on any atom is -0.298 e. The summed E-state index contributed by atoms with van der Waals surface area (Å²) >= 11 is 13.4. The van der Waals surface area contributed by atoms with Crippen LogP contribution >= 0.6 is 34.5 Å². The number of anilines is 1. The van der Waals surface area contributed by atoms with E-state index in [0.717, 1.165) is 21.3 Å². The van der Waals surface area contributed by atoms with Crippen LogP contribution in [0.2, 0.25) is 10.0 Å². The molecule has 1 heterocycles. The van der Waals surface area contributed by atoms with Crippen LogP contribution in [0, 0.1) is 13.8 Å². The maximum absolute atomic E-state index is 12.1. The Hall–Kier alpha value is -1.88. The summed E-state index contributed by atoms with van der Waals surface area (Å²) in [5.74, 6) is -0.255. The topological polar surface area (TPSA) is 42.0 Å². The van der Waals surface area contributed by atoms with Gasteiger partial charge in [0.25, 0.3) is 0 Å². The first-order valence-electron chi connectivity index (χ1n) is 7.25. The smallest absolute Gasteiger partial charge is 0.250 e. The van der Waals surface area contributed by atoms with Crippen LogP contribution in [-0.2, 0) is 4.79 Å². The molecule has 3 nitrogen and oxygen atoms in total. The fourth-order valence-electron chi connectivity index (χ4n) is 2.23. The molecule has 0 aliphatic heterocycles. The lowest BCUT2D eigenvalue weighted by atomic mass is 10.1. The van der Waals surface area contributed by atoms with Crippen molar-refractivity contribution in [3.05, 3.63) is 63.1 Å². The van der Waals surface area contributed by atoms with E-state index in [1.165, 1.54) is 23.0 Å². The minimum absolute atomic E-state index is 0.255. The van der Waals surface area contributed by atoms with Crippen molar-refractivity contribution in [1.82, 2.24) is 4.98 Å². The van der Waals surface area contributed by atoms with E-state index in [0.29, 0.717) is 15.2 Å². The highest BCUT2D eigenvalue weighted by Gasteiger charge is 2.09. The van der Waals surface area contributed by atoms with Crippen molar-refractivity contribution in [3.8, 4) is 0 Å². The number of carbonyl (C=O) groups excluding carboxylic acids is 1. The number of nitrogens with one attached hydrogen (secondary N) is 1. The zero-order valence-corrected chi connectivity index (χ0v) is 15.4. The number of rotatable bonds is 3. The van der Waals surface area contributed by atoms with Gasteiger partial charge in [-0.25, -0.2) is 4.98 Å². The molecule has 2 aromatic carbocycles. The Balaban J connectivity index is 1.77. The van der Waals surface area contributed by atoms with Crippen LogP contribution in [0.3, 0.4) is 0 Å². The van der Waals surface area contributed by atoms with Crippen LogP contribution < -0.4 is 5.32 Å². The summed E-state index contributed by atoms with van der Waals surface area (Å²) in [6, 6.07) is 9.21. The van der Waals surface area contributed by atoms with Gasteiger partial charge in [-0.3, -0.25) is 10.1 Å². The SMILES string of the molecule is Cc1ccc2sc(NC(=O)/C=C/c3ccc(Cl)cc3Cl)nc2c1C. The molecule has 1 amide bonds. The number of fused-ring (bicyclic) bond motifs is 1. The first-order valence-corrected chi connectivity index (χ1v) is 8.82. The van der Waals surface area contributed by atoms with E-state index in [2.05, 4.69) is 16.4 Å². The van der Waals surface area contributed by atoms with Gasteiger partial charge in [0.15, 0.2) is 5.13 Å². The van der Waals surface area contributed by atoms with E-state index in [1.54, 1.807) is 24.3 Å². The van der Waals surface area contributed by atoms with Crippen LogP contribution in [0.1, 0.15) is 16.7 Å². The summed E-state index contributed by atoms with van der Waals surface area (Å²) in [5.41, 5.74) is 3.97. The highest BCUT2D eigenvalue weighted by molar-refractivity contribution is 7.22. The van der Waals surface area contributed by atoms with E-state index in [9.17, 15) is 4.79 Å². The number of aryl methyl sites for hydroxylation is 2. The molecule has 0 atom stereocenters. The molecular weight excluding hydrogens is 363 g/mol. The molecule has 0 fully saturated rings. The second-order valence-electron chi connectivity index (χ2n) is 5.36. The van der Waals surface area contributed by atoms with Crippen molar-refractivity contribution in [2.24, 2.45) is 0 Å². The molecule has 24 heavy (non-hydrogen) atoms. The summed E-state index contributed by atoms with van der Waals surface area (Å²) in [7, 11) is 0.